The summed E-state index contributed by atoms with van der Waals surface area (Å²) in [4.78, 5) is 3.77. The lowest BCUT2D eigenvalue weighted by Gasteiger charge is -2.16. The molecule has 0 aliphatic rings. The molecule has 182 valence electrons. The van der Waals surface area contributed by atoms with Crippen molar-refractivity contribution in [2.24, 2.45) is 0 Å². The SMILES string of the molecule is COc1nc2ccccc2c(Oc2ccc(NS(=O)(=O)c3cc(Cl)cc(Cl)c3O)c(F)c2)c1OC. The maximum atomic E-state index is 14.9. The fourth-order valence-corrected chi connectivity index (χ4v) is 5.10. The van der Waals surface area contributed by atoms with Crippen LogP contribution in [0.2, 0.25) is 10.0 Å². The number of phenols is 1. The molecular weight excluding hydrogens is 522 g/mol. The lowest BCUT2D eigenvalue weighted by atomic mass is 10.2. The van der Waals surface area contributed by atoms with Crippen molar-refractivity contribution in [1.82, 2.24) is 4.98 Å². The molecule has 0 spiro atoms. The van der Waals surface area contributed by atoms with Gasteiger partial charge in [0.05, 0.1) is 30.4 Å². The summed E-state index contributed by atoms with van der Waals surface area (Å²) < 4.78 is 59.0. The van der Waals surface area contributed by atoms with Crippen LogP contribution in [0.4, 0.5) is 10.1 Å². The number of nitrogens with zero attached hydrogens (tertiary/aromatic N) is 1. The van der Waals surface area contributed by atoms with E-state index in [1.807, 2.05) is 0 Å². The van der Waals surface area contributed by atoms with E-state index >= 15 is 0 Å². The van der Waals surface area contributed by atoms with Crippen LogP contribution in [0.15, 0.2) is 59.5 Å². The van der Waals surface area contributed by atoms with Crippen LogP contribution in [0, 0.1) is 5.82 Å². The molecule has 0 fully saturated rings. The number of phenolic OH excluding ortho intramolecular Hbond substituents is 1. The van der Waals surface area contributed by atoms with Crippen LogP contribution < -0.4 is 18.9 Å². The summed E-state index contributed by atoms with van der Waals surface area (Å²) in [6.45, 7) is 0. The Morgan fingerprint density at radius 1 is 1.00 bits per heavy atom. The van der Waals surface area contributed by atoms with Crippen LogP contribution in [0.3, 0.4) is 0 Å². The highest BCUT2D eigenvalue weighted by atomic mass is 35.5. The molecule has 3 aromatic carbocycles. The van der Waals surface area contributed by atoms with Crippen molar-refractivity contribution in [1.29, 1.82) is 0 Å². The van der Waals surface area contributed by atoms with Gasteiger partial charge in [0.1, 0.15) is 10.6 Å². The summed E-state index contributed by atoms with van der Waals surface area (Å²) in [5, 5.41) is 10.3. The number of rotatable bonds is 7. The van der Waals surface area contributed by atoms with Crippen molar-refractivity contribution in [2.75, 3.05) is 18.9 Å². The second-order valence-electron chi connectivity index (χ2n) is 7.08. The van der Waals surface area contributed by atoms with Gasteiger partial charge < -0.3 is 19.3 Å². The summed E-state index contributed by atoms with van der Waals surface area (Å²) in [6, 6.07) is 12.7. The standard InChI is InChI=1S/C23H17Cl2FN2O6S/c1-32-22-21(14-5-3-4-6-17(14)27-23(22)33-2)34-13-7-8-18(16(26)11-13)28-35(30,31)19-10-12(24)9-15(25)20(19)29/h3-11,28-29H,1-2H3. The number of hydrogen-bond donors (Lipinski definition) is 2. The number of pyridine rings is 1. The summed E-state index contributed by atoms with van der Waals surface area (Å²) in [5.74, 6) is -0.995. The minimum atomic E-state index is -4.43. The van der Waals surface area contributed by atoms with Crippen LogP contribution in [0.25, 0.3) is 10.9 Å². The molecule has 0 saturated carbocycles. The number of aromatic hydroxyl groups is 1. The first-order valence-electron chi connectivity index (χ1n) is 9.83. The first kappa shape index (κ1) is 24.6. The minimum absolute atomic E-state index is 0.0219. The minimum Gasteiger partial charge on any atom is -0.505 e. The van der Waals surface area contributed by atoms with E-state index in [0.29, 0.717) is 10.9 Å². The molecule has 8 nitrogen and oxygen atoms in total. The zero-order valence-electron chi connectivity index (χ0n) is 18.2. The van der Waals surface area contributed by atoms with Gasteiger partial charge in [-0.2, -0.15) is 0 Å². The predicted octanol–water partition coefficient (Wildman–Crippen LogP) is 6.00. The van der Waals surface area contributed by atoms with Gasteiger partial charge in [-0.05, 0) is 36.4 Å². The third kappa shape index (κ3) is 4.86. The van der Waals surface area contributed by atoms with Crippen LogP contribution in [-0.4, -0.2) is 32.7 Å². The molecule has 0 atom stereocenters. The first-order valence-corrected chi connectivity index (χ1v) is 12.1. The topological polar surface area (TPSA) is 107 Å². The van der Waals surface area contributed by atoms with Crippen molar-refractivity contribution in [3.8, 4) is 28.9 Å². The molecule has 35 heavy (non-hydrogen) atoms. The highest BCUT2D eigenvalue weighted by Gasteiger charge is 2.24. The predicted molar refractivity (Wildman–Crippen MR) is 130 cm³/mol. The van der Waals surface area contributed by atoms with Crippen molar-refractivity contribution in [3.63, 3.8) is 0 Å². The number of ether oxygens (including phenoxy) is 3. The highest BCUT2D eigenvalue weighted by molar-refractivity contribution is 7.92. The number of anilines is 1. The monoisotopic (exact) mass is 538 g/mol. The van der Waals surface area contributed by atoms with E-state index in [1.54, 1.807) is 24.3 Å². The van der Waals surface area contributed by atoms with E-state index in [4.69, 9.17) is 37.4 Å². The van der Waals surface area contributed by atoms with Crippen molar-refractivity contribution in [2.45, 2.75) is 4.90 Å². The van der Waals surface area contributed by atoms with E-state index in [9.17, 15) is 17.9 Å². The van der Waals surface area contributed by atoms with Gasteiger partial charge in [0.2, 0.25) is 5.75 Å². The molecule has 12 heteroatoms. The molecule has 0 saturated heterocycles. The highest BCUT2D eigenvalue weighted by Crippen LogP contribution is 2.44. The molecule has 0 bridgehead atoms. The molecule has 1 heterocycles. The van der Waals surface area contributed by atoms with Gasteiger partial charge in [-0.25, -0.2) is 17.8 Å². The summed E-state index contributed by atoms with van der Waals surface area (Å²) >= 11 is 11.7. The first-order chi connectivity index (χ1) is 16.6. The van der Waals surface area contributed by atoms with Crippen LogP contribution in [0.5, 0.6) is 28.9 Å². The molecule has 0 aliphatic heterocycles. The van der Waals surface area contributed by atoms with Crippen molar-refractivity contribution in [3.05, 3.63) is 70.5 Å². The van der Waals surface area contributed by atoms with Gasteiger partial charge in [0, 0.05) is 16.5 Å². The number of para-hydroxylation sites is 1. The second kappa shape index (κ2) is 9.65. The molecule has 4 aromatic rings. The molecule has 1 aromatic heterocycles. The zero-order chi connectivity index (χ0) is 25.3. The van der Waals surface area contributed by atoms with E-state index in [-0.39, 0.29) is 33.2 Å². The van der Waals surface area contributed by atoms with Gasteiger partial charge in [-0.1, -0.05) is 35.3 Å². The normalized spacial score (nSPS) is 11.3. The number of methoxy groups -OCH3 is 2. The molecule has 0 amide bonds. The number of benzene rings is 3. The van der Waals surface area contributed by atoms with Gasteiger partial charge >= 0.3 is 0 Å². The summed E-state index contributed by atoms with van der Waals surface area (Å²) in [7, 11) is -1.59. The Morgan fingerprint density at radius 2 is 1.74 bits per heavy atom. The van der Waals surface area contributed by atoms with Crippen LogP contribution in [0.1, 0.15) is 0 Å². The molecule has 0 radical (unpaired) electrons. The smallest absolute Gasteiger partial charge is 0.265 e. The van der Waals surface area contributed by atoms with E-state index in [2.05, 4.69) is 9.71 Å². The number of hydrogen-bond acceptors (Lipinski definition) is 7. The van der Waals surface area contributed by atoms with Crippen LogP contribution in [-0.2, 0) is 10.0 Å². The second-order valence-corrected chi connectivity index (χ2v) is 9.58. The largest absolute Gasteiger partial charge is 0.505 e. The third-order valence-corrected chi connectivity index (χ3v) is 6.74. The van der Waals surface area contributed by atoms with Gasteiger partial charge in [-0.3, -0.25) is 4.72 Å². The number of fused-ring (bicyclic) bond motifs is 1. The summed E-state index contributed by atoms with van der Waals surface area (Å²) in [6.07, 6.45) is 0. The Kier molecular flexibility index (Phi) is 6.79. The molecule has 2 N–H and O–H groups in total. The average molecular weight is 539 g/mol. The molecule has 0 aliphatic carbocycles. The van der Waals surface area contributed by atoms with E-state index < -0.39 is 32.2 Å². The lowest BCUT2D eigenvalue weighted by Crippen LogP contribution is -2.14. The van der Waals surface area contributed by atoms with Gasteiger partial charge in [0.15, 0.2) is 17.3 Å². The Morgan fingerprint density at radius 3 is 2.43 bits per heavy atom. The van der Waals surface area contributed by atoms with Crippen molar-refractivity contribution < 1.29 is 32.1 Å². The fourth-order valence-electron chi connectivity index (χ4n) is 3.27. The van der Waals surface area contributed by atoms with Crippen molar-refractivity contribution >= 4 is 49.8 Å². The number of halogens is 3. The maximum Gasteiger partial charge on any atom is 0.265 e. The molecule has 4 rings (SSSR count). The Balaban J connectivity index is 1.69. The summed E-state index contributed by atoms with van der Waals surface area (Å²) in [5.41, 5.74) is 0.168. The van der Waals surface area contributed by atoms with Gasteiger partial charge in [-0.15, -0.1) is 0 Å². The van der Waals surface area contributed by atoms with Gasteiger partial charge in [0.25, 0.3) is 15.9 Å². The Hall–Kier alpha value is -3.47. The number of aromatic nitrogens is 1. The Bertz CT molecular complexity index is 1550. The average Bonchev–Trinajstić information content (AvgIpc) is 2.82. The molecular formula is C23H17Cl2FN2O6S. The number of nitrogens with one attached hydrogen (secondary N) is 1. The molecule has 0 unspecified atom stereocenters. The quantitative estimate of drug-likeness (QED) is 0.297. The maximum absolute atomic E-state index is 14.9. The van der Waals surface area contributed by atoms with Crippen LogP contribution >= 0.6 is 23.2 Å². The van der Waals surface area contributed by atoms with E-state index in [0.717, 1.165) is 12.1 Å². The number of sulfonamides is 1. The third-order valence-electron chi connectivity index (χ3n) is 4.86. The Labute approximate surface area is 209 Å². The van der Waals surface area contributed by atoms with E-state index in [1.165, 1.54) is 32.4 Å². The zero-order valence-corrected chi connectivity index (χ0v) is 20.5. The fraction of sp³-hybridized carbons (Fsp3) is 0.0870. The lowest BCUT2D eigenvalue weighted by molar-refractivity contribution is 0.329.